The molecule has 1 saturated carbocycles. The second kappa shape index (κ2) is 8.66. The third kappa shape index (κ3) is 4.84. The van der Waals surface area contributed by atoms with Gasteiger partial charge in [0.15, 0.2) is 0 Å². The van der Waals surface area contributed by atoms with E-state index in [1.54, 1.807) is 12.4 Å². The molecule has 3 N–H and O–H groups in total. The molecule has 6 heteroatoms. The molecule has 27 heavy (non-hydrogen) atoms. The fraction of sp³-hybridized carbons (Fsp3) is 0.381. The molecule has 1 aliphatic carbocycles. The Morgan fingerprint density at radius 3 is 2.44 bits per heavy atom. The van der Waals surface area contributed by atoms with Crippen molar-refractivity contribution in [3.8, 4) is 0 Å². The number of benzene rings is 1. The van der Waals surface area contributed by atoms with Crippen LogP contribution in [0, 0.1) is 6.92 Å². The summed E-state index contributed by atoms with van der Waals surface area (Å²) in [7, 11) is 0. The van der Waals surface area contributed by atoms with Crippen LogP contribution in [0.1, 0.15) is 43.2 Å². The maximum Gasteiger partial charge on any atom is 0.320 e. The first-order valence-electron chi connectivity index (χ1n) is 9.41. The van der Waals surface area contributed by atoms with Crippen LogP contribution in [-0.2, 0) is 11.3 Å². The van der Waals surface area contributed by atoms with Gasteiger partial charge in [-0.2, -0.15) is 0 Å². The molecule has 0 radical (unpaired) electrons. The van der Waals surface area contributed by atoms with Crippen molar-refractivity contribution in [2.45, 2.75) is 51.1 Å². The molecule has 6 nitrogen and oxygen atoms in total. The Morgan fingerprint density at radius 1 is 1.04 bits per heavy atom. The van der Waals surface area contributed by atoms with E-state index < -0.39 is 5.54 Å². The van der Waals surface area contributed by atoms with Crippen LogP contribution < -0.4 is 16.0 Å². The number of amides is 3. The van der Waals surface area contributed by atoms with Crippen molar-refractivity contribution in [2.24, 2.45) is 0 Å². The quantitative estimate of drug-likeness (QED) is 0.757. The van der Waals surface area contributed by atoms with Gasteiger partial charge >= 0.3 is 6.03 Å². The standard InChI is InChI=1S/C21H26N4O2/c1-16-7-3-4-8-18(16)24-20(27)25-21(11-5-2-6-12-21)19(26)23-15-17-9-13-22-14-10-17/h3-4,7-10,13-14H,2,5-6,11-12,15H2,1H3,(H,23,26)(H2,24,25,27). The first-order chi connectivity index (χ1) is 13.1. The van der Waals surface area contributed by atoms with E-state index in [1.165, 1.54) is 0 Å². The van der Waals surface area contributed by atoms with Gasteiger partial charge in [0.05, 0.1) is 0 Å². The molecule has 1 aromatic heterocycles. The molecule has 1 heterocycles. The minimum atomic E-state index is -0.863. The minimum absolute atomic E-state index is 0.126. The number of carbonyl (C=O) groups is 2. The van der Waals surface area contributed by atoms with Crippen molar-refractivity contribution in [3.63, 3.8) is 0 Å². The van der Waals surface area contributed by atoms with E-state index in [4.69, 9.17) is 0 Å². The average Bonchev–Trinajstić information content (AvgIpc) is 2.69. The number of rotatable bonds is 5. The summed E-state index contributed by atoms with van der Waals surface area (Å²) in [6.45, 7) is 2.36. The van der Waals surface area contributed by atoms with Crippen LogP contribution in [0.2, 0.25) is 0 Å². The Bertz CT molecular complexity index is 786. The normalized spacial score (nSPS) is 15.6. The lowest BCUT2D eigenvalue weighted by molar-refractivity contribution is -0.128. The first kappa shape index (κ1) is 18.9. The van der Waals surface area contributed by atoms with Crippen molar-refractivity contribution >= 4 is 17.6 Å². The summed E-state index contributed by atoms with van der Waals surface area (Å²) in [4.78, 5) is 29.6. The zero-order chi connectivity index (χ0) is 19.1. The number of nitrogens with one attached hydrogen (secondary N) is 3. The van der Waals surface area contributed by atoms with Crippen molar-refractivity contribution < 1.29 is 9.59 Å². The molecule has 0 unspecified atom stereocenters. The third-order valence-electron chi connectivity index (χ3n) is 5.09. The first-order valence-corrected chi connectivity index (χ1v) is 9.41. The van der Waals surface area contributed by atoms with Crippen molar-refractivity contribution in [1.29, 1.82) is 0 Å². The van der Waals surface area contributed by atoms with E-state index >= 15 is 0 Å². The second-order valence-electron chi connectivity index (χ2n) is 7.07. The lowest BCUT2D eigenvalue weighted by atomic mass is 9.81. The van der Waals surface area contributed by atoms with Crippen molar-refractivity contribution in [3.05, 3.63) is 59.9 Å². The van der Waals surface area contributed by atoms with Crippen LogP contribution in [0.5, 0.6) is 0 Å². The Morgan fingerprint density at radius 2 is 1.74 bits per heavy atom. The molecular weight excluding hydrogens is 340 g/mol. The van der Waals surface area contributed by atoms with Gasteiger partial charge in [-0.15, -0.1) is 0 Å². The highest BCUT2D eigenvalue weighted by molar-refractivity contribution is 5.96. The maximum absolute atomic E-state index is 13.0. The summed E-state index contributed by atoms with van der Waals surface area (Å²) in [5.41, 5.74) is 1.84. The summed E-state index contributed by atoms with van der Waals surface area (Å²) in [6.07, 6.45) is 7.63. The molecule has 0 atom stereocenters. The van der Waals surface area contributed by atoms with Gasteiger partial charge in [-0.1, -0.05) is 37.5 Å². The lowest BCUT2D eigenvalue weighted by Gasteiger charge is -2.36. The number of urea groups is 1. The van der Waals surface area contributed by atoms with Crippen LogP contribution in [0.3, 0.4) is 0 Å². The van der Waals surface area contributed by atoms with Crippen LogP contribution >= 0.6 is 0 Å². The van der Waals surface area contributed by atoms with E-state index in [9.17, 15) is 9.59 Å². The molecule has 1 aromatic carbocycles. The van der Waals surface area contributed by atoms with Gasteiger partial charge in [-0.25, -0.2) is 4.79 Å². The number of carbonyl (C=O) groups excluding carboxylic acids is 2. The number of nitrogens with zero attached hydrogens (tertiary/aromatic N) is 1. The highest BCUT2D eigenvalue weighted by Gasteiger charge is 2.40. The summed E-state index contributed by atoms with van der Waals surface area (Å²) in [5, 5.41) is 8.82. The van der Waals surface area contributed by atoms with Crippen LogP contribution in [-0.4, -0.2) is 22.5 Å². The Labute approximate surface area is 159 Å². The Kier molecular flexibility index (Phi) is 6.06. The smallest absolute Gasteiger partial charge is 0.320 e. The Balaban J connectivity index is 1.67. The fourth-order valence-electron chi connectivity index (χ4n) is 3.50. The van der Waals surface area contributed by atoms with E-state index in [2.05, 4.69) is 20.9 Å². The van der Waals surface area contributed by atoms with E-state index in [1.807, 2.05) is 43.3 Å². The number of aryl methyl sites for hydroxylation is 1. The predicted octanol–water partition coefficient (Wildman–Crippen LogP) is 3.53. The number of aromatic nitrogens is 1. The number of anilines is 1. The van der Waals surface area contributed by atoms with Crippen LogP contribution in [0.15, 0.2) is 48.8 Å². The summed E-state index contributed by atoms with van der Waals surface area (Å²) < 4.78 is 0. The maximum atomic E-state index is 13.0. The predicted molar refractivity (Wildman–Crippen MR) is 105 cm³/mol. The third-order valence-corrected chi connectivity index (χ3v) is 5.09. The van der Waals surface area contributed by atoms with Crippen molar-refractivity contribution in [2.75, 3.05) is 5.32 Å². The highest BCUT2D eigenvalue weighted by Crippen LogP contribution is 2.29. The van der Waals surface area contributed by atoms with Gasteiger partial charge in [0.1, 0.15) is 5.54 Å². The van der Waals surface area contributed by atoms with Crippen molar-refractivity contribution in [1.82, 2.24) is 15.6 Å². The summed E-state index contributed by atoms with van der Waals surface area (Å²) in [6, 6.07) is 11.0. The highest BCUT2D eigenvalue weighted by atomic mass is 16.2. The summed E-state index contributed by atoms with van der Waals surface area (Å²) in [5.74, 6) is -0.126. The number of hydrogen-bond donors (Lipinski definition) is 3. The fourth-order valence-corrected chi connectivity index (χ4v) is 3.50. The molecule has 0 aliphatic heterocycles. The summed E-state index contributed by atoms with van der Waals surface area (Å²) >= 11 is 0. The van der Waals surface area contributed by atoms with Crippen LogP contribution in [0.4, 0.5) is 10.5 Å². The monoisotopic (exact) mass is 366 g/mol. The van der Waals surface area contributed by atoms with Gasteiger partial charge in [-0.05, 0) is 49.1 Å². The minimum Gasteiger partial charge on any atom is -0.350 e. The molecule has 142 valence electrons. The molecule has 0 saturated heterocycles. The van der Waals surface area contributed by atoms with Gasteiger partial charge in [0, 0.05) is 24.6 Å². The zero-order valence-corrected chi connectivity index (χ0v) is 15.6. The molecule has 3 amide bonds. The van der Waals surface area contributed by atoms with Gasteiger partial charge in [0.25, 0.3) is 0 Å². The number of para-hydroxylation sites is 1. The molecule has 0 spiro atoms. The largest absolute Gasteiger partial charge is 0.350 e. The molecule has 2 aromatic rings. The lowest BCUT2D eigenvalue weighted by Crippen LogP contribution is -2.60. The molecular formula is C21H26N4O2. The molecule has 3 rings (SSSR count). The zero-order valence-electron chi connectivity index (χ0n) is 15.6. The topological polar surface area (TPSA) is 83.1 Å². The van der Waals surface area contributed by atoms with Crippen LogP contribution in [0.25, 0.3) is 0 Å². The van der Waals surface area contributed by atoms with E-state index in [-0.39, 0.29) is 11.9 Å². The van der Waals surface area contributed by atoms with Gasteiger partial charge in [-0.3, -0.25) is 9.78 Å². The van der Waals surface area contributed by atoms with E-state index in [0.29, 0.717) is 19.4 Å². The molecule has 1 aliphatic rings. The van der Waals surface area contributed by atoms with Gasteiger partial charge in [0.2, 0.25) is 5.91 Å². The number of pyridine rings is 1. The van der Waals surface area contributed by atoms with Gasteiger partial charge < -0.3 is 16.0 Å². The molecule has 0 bridgehead atoms. The molecule has 1 fully saturated rings. The van der Waals surface area contributed by atoms with E-state index in [0.717, 1.165) is 36.1 Å². The second-order valence-corrected chi connectivity index (χ2v) is 7.07. The number of hydrogen-bond acceptors (Lipinski definition) is 3. The Hall–Kier alpha value is -2.89. The average molecular weight is 366 g/mol. The SMILES string of the molecule is Cc1ccccc1NC(=O)NC1(C(=O)NCc2ccncc2)CCCCC1.